The molecule has 4 heterocycles. The van der Waals surface area contributed by atoms with Crippen molar-refractivity contribution < 1.29 is 9.53 Å². The summed E-state index contributed by atoms with van der Waals surface area (Å²) in [6.07, 6.45) is 7.22. The SMILES string of the molecule is Cc1ccc(OC2CC3CC2N(C(=O)c2cc(C)cnc2-c2ccccn2)C3)nc1. The minimum atomic E-state index is -0.0287. The molecule has 6 nitrogen and oxygen atoms in total. The Balaban J connectivity index is 1.42. The van der Waals surface area contributed by atoms with Crippen molar-refractivity contribution in [2.45, 2.75) is 38.8 Å². The largest absolute Gasteiger partial charge is 0.472 e. The van der Waals surface area contributed by atoms with Crippen LogP contribution in [0.5, 0.6) is 5.88 Å². The maximum Gasteiger partial charge on any atom is 0.256 e. The Bertz CT molecular complexity index is 1070. The summed E-state index contributed by atoms with van der Waals surface area (Å²) in [6.45, 7) is 4.72. The van der Waals surface area contributed by atoms with Gasteiger partial charge in [-0.1, -0.05) is 12.1 Å². The maximum atomic E-state index is 13.6. The van der Waals surface area contributed by atoms with Crippen LogP contribution in [0.15, 0.2) is 55.0 Å². The number of amides is 1. The van der Waals surface area contributed by atoms with Gasteiger partial charge in [-0.05, 0) is 61.9 Å². The summed E-state index contributed by atoms with van der Waals surface area (Å²) in [4.78, 5) is 28.9. The Kier molecular flexibility index (Phi) is 4.69. The van der Waals surface area contributed by atoms with E-state index in [1.54, 1.807) is 12.4 Å². The molecule has 0 radical (unpaired) electrons. The van der Waals surface area contributed by atoms with Crippen molar-refractivity contribution >= 4 is 5.91 Å². The van der Waals surface area contributed by atoms with Crippen LogP contribution in [0.1, 0.15) is 34.3 Å². The highest BCUT2D eigenvalue weighted by molar-refractivity contribution is 6.00. The van der Waals surface area contributed by atoms with Crippen LogP contribution in [0.4, 0.5) is 0 Å². The number of likely N-dealkylation sites (tertiary alicyclic amines) is 1. The van der Waals surface area contributed by atoms with Gasteiger partial charge in [0.25, 0.3) is 5.91 Å². The van der Waals surface area contributed by atoms with Gasteiger partial charge in [0.15, 0.2) is 0 Å². The first-order chi connectivity index (χ1) is 14.6. The van der Waals surface area contributed by atoms with E-state index in [0.717, 1.165) is 30.5 Å². The second-order valence-corrected chi connectivity index (χ2v) is 8.32. The number of pyridine rings is 3. The number of carbonyl (C=O) groups is 1. The lowest BCUT2D eigenvalue weighted by Crippen LogP contribution is -2.47. The molecule has 5 rings (SSSR count). The van der Waals surface area contributed by atoms with E-state index >= 15 is 0 Å². The number of nitrogens with zero attached hydrogens (tertiary/aromatic N) is 4. The van der Waals surface area contributed by atoms with E-state index in [2.05, 4.69) is 15.0 Å². The van der Waals surface area contributed by atoms with Crippen molar-refractivity contribution in [1.82, 2.24) is 19.9 Å². The lowest BCUT2D eigenvalue weighted by molar-refractivity contribution is 0.0467. The molecule has 0 N–H and O–H groups in total. The second-order valence-electron chi connectivity index (χ2n) is 8.32. The quantitative estimate of drug-likeness (QED) is 0.666. The van der Waals surface area contributed by atoms with Crippen molar-refractivity contribution in [3.63, 3.8) is 0 Å². The van der Waals surface area contributed by atoms with Crippen LogP contribution in [0.25, 0.3) is 11.4 Å². The summed E-state index contributed by atoms with van der Waals surface area (Å²) in [5.41, 5.74) is 4.00. The van der Waals surface area contributed by atoms with E-state index in [-0.39, 0.29) is 18.1 Å². The normalized spacial score (nSPS) is 22.3. The second kappa shape index (κ2) is 7.52. The predicted molar refractivity (Wildman–Crippen MR) is 113 cm³/mol. The Labute approximate surface area is 176 Å². The molecule has 152 valence electrons. The molecule has 6 heteroatoms. The minimum Gasteiger partial charge on any atom is -0.472 e. The average molecular weight is 400 g/mol. The predicted octanol–water partition coefficient (Wildman–Crippen LogP) is 3.84. The summed E-state index contributed by atoms with van der Waals surface area (Å²) >= 11 is 0. The Morgan fingerprint density at radius 3 is 2.63 bits per heavy atom. The van der Waals surface area contributed by atoms with E-state index in [1.807, 2.05) is 61.3 Å². The van der Waals surface area contributed by atoms with Crippen molar-refractivity contribution in [2.24, 2.45) is 5.92 Å². The van der Waals surface area contributed by atoms with Gasteiger partial charge >= 0.3 is 0 Å². The highest BCUT2D eigenvalue weighted by Gasteiger charge is 2.48. The van der Waals surface area contributed by atoms with Gasteiger partial charge < -0.3 is 9.64 Å². The molecule has 1 saturated carbocycles. The Hall–Kier alpha value is -3.28. The first-order valence-corrected chi connectivity index (χ1v) is 10.4. The highest BCUT2D eigenvalue weighted by atomic mass is 16.5. The van der Waals surface area contributed by atoms with Gasteiger partial charge in [-0.3, -0.25) is 14.8 Å². The molecule has 3 aromatic rings. The monoisotopic (exact) mass is 400 g/mol. The zero-order chi connectivity index (χ0) is 20.7. The van der Waals surface area contributed by atoms with Gasteiger partial charge in [-0.2, -0.15) is 0 Å². The summed E-state index contributed by atoms with van der Waals surface area (Å²) in [5, 5.41) is 0. The molecular formula is C24H24N4O2. The van der Waals surface area contributed by atoms with Crippen LogP contribution >= 0.6 is 0 Å². The minimum absolute atomic E-state index is 0.00418. The first kappa shape index (κ1) is 18.7. The number of hydrogen-bond acceptors (Lipinski definition) is 5. The molecular weight excluding hydrogens is 376 g/mol. The molecule has 30 heavy (non-hydrogen) atoms. The topological polar surface area (TPSA) is 68.2 Å². The van der Waals surface area contributed by atoms with E-state index in [4.69, 9.17) is 4.74 Å². The van der Waals surface area contributed by atoms with E-state index in [1.165, 1.54) is 0 Å². The molecule has 3 unspecified atom stereocenters. The van der Waals surface area contributed by atoms with Gasteiger partial charge in [-0.25, -0.2) is 4.98 Å². The fourth-order valence-electron chi connectivity index (χ4n) is 4.60. The number of fused-ring (bicyclic) bond motifs is 2. The lowest BCUT2D eigenvalue weighted by Gasteiger charge is -2.33. The number of aryl methyl sites for hydroxylation is 2. The van der Waals surface area contributed by atoms with Gasteiger partial charge in [0.1, 0.15) is 11.8 Å². The van der Waals surface area contributed by atoms with Crippen LogP contribution in [-0.2, 0) is 0 Å². The third-order valence-electron chi connectivity index (χ3n) is 6.00. The molecule has 0 spiro atoms. The third-order valence-corrected chi connectivity index (χ3v) is 6.00. The van der Waals surface area contributed by atoms with Crippen molar-refractivity contribution in [3.05, 3.63) is 71.7 Å². The van der Waals surface area contributed by atoms with E-state index < -0.39 is 0 Å². The van der Waals surface area contributed by atoms with Crippen LogP contribution in [0.3, 0.4) is 0 Å². The van der Waals surface area contributed by atoms with E-state index in [0.29, 0.717) is 28.7 Å². The number of hydrogen-bond donors (Lipinski definition) is 0. The number of piperidine rings is 1. The molecule has 1 amide bonds. The molecule has 2 aliphatic rings. The van der Waals surface area contributed by atoms with Crippen LogP contribution < -0.4 is 4.74 Å². The van der Waals surface area contributed by atoms with Crippen molar-refractivity contribution in [3.8, 4) is 17.3 Å². The Morgan fingerprint density at radius 1 is 1.03 bits per heavy atom. The van der Waals surface area contributed by atoms with Gasteiger partial charge in [-0.15, -0.1) is 0 Å². The van der Waals surface area contributed by atoms with Gasteiger partial charge in [0.2, 0.25) is 5.88 Å². The summed E-state index contributed by atoms with van der Waals surface area (Å²) in [7, 11) is 0. The molecule has 2 fully saturated rings. The molecule has 1 aliphatic carbocycles. The number of ether oxygens (including phenoxy) is 1. The van der Waals surface area contributed by atoms with Gasteiger partial charge in [0, 0.05) is 31.2 Å². The summed E-state index contributed by atoms with van der Waals surface area (Å²) in [5.74, 6) is 1.09. The average Bonchev–Trinajstić information content (AvgIpc) is 3.36. The van der Waals surface area contributed by atoms with Crippen molar-refractivity contribution in [1.29, 1.82) is 0 Å². The summed E-state index contributed by atoms with van der Waals surface area (Å²) < 4.78 is 6.19. The van der Waals surface area contributed by atoms with E-state index in [9.17, 15) is 4.79 Å². The lowest BCUT2D eigenvalue weighted by atomic mass is 10.0. The standard InChI is InChI=1S/C24H24N4O2/c1-15-6-7-22(26-12-15)30-21-11-17-10-20(21)28(14-17)24(29)18-9-16(2)13-27-23(18)19-5-3-4-8-25-19/h3-9,12-13,17,20-21H,10-11,14H2,1-2H3. The van der Waals surface area contributed by atoms with Crippen LogP contribution in [0.2, 0.25) is 0 Å². The van der Waals surface area contributed by atoms with Crippen LogP contribution in [-0.4, -0.2) is 44.4 Å². The van der Waals surface area contributed by atoms with Crippen LogP contribution in [0, 0.1) is 19.8 Å². The molecule has 2 bridgehead atoms. The first-order valence-electron chi connectivity index (χ1n) is 10.4. The molecule has 3 atom stereocenters. The number of rotatable bonds is 4. The smallest absolute Gasteiger partial charge is 0.256 e. The molecule has 1 saturated heterocycles. The Morgan fingerprint density at radius 2 is 1.90 bits per heavy atom. The third kappa shape index (κ3) is 3.43. The zero-order valence-electron chi connectivity index (χ0n) is 17.2. The fraction of sp³-hybridized carbons (Fsp3) is 0.333. The van der Waals surface area contributed by atoms with Gasteiger partial charge in [0.05, 0.1) is 17.3 Å². The maximum absolute atomic E-state index is 13.6. The fourth-order valence-corrected chi connectivity index (χ4v) is 4.60. The molecule has 3 aromatic heterocycles. The highest BCUT2D eigenvalue weighted by Crippen LogP contribution is 2.40. The summed E-state index contributed by atoms with van der Waals surface area (Å²) in [6, 6.07) is 11.5. The number of carbonyl (C=O) groups excluding carboxylic acids is 1. The number of aromatic nitrogens is 3. The molecule has 1 aliphatic heterocycles. The van der Waals surface area contributed by atoms with Crippen molar-refractivity contribution in [2.75, 3.05) is 6.54 Å². The zero-order valence-corrected chi connectivity index (χ0v) is 17.2. The molecule has 0 aromatic carbocycles.